The summed E-state index contributed by atoms with van der Waals surface area (Å²) in [6.07, 6.45) is 6.37. The van der Waals surface area contributed by atoms with Gasteiger partial charge in [-0.2, -0.15) is 5.10 Å². The normalized spacial score (nSPS) is 19.1. The maximum Gasteiger partial charge on any atom is 0.127 e. The van der Waals surface area contributed by atoms with Crippen molar-refractivity contribution in [1.82, 2.24) is 20.0 Å². The van der Waals surface area contributed by atoms with Crippen LogP contribution in [0.25, 0.3) is 0 Å². The van der Waals surface area contributed by atoms with Crippen LogP contribution in [-0.2, 0) is 13.1 Å². The third kappa shape index (κ3) is 4.42. The SMILES string of the molecule is CC(C)n1cc(CN[C@H]2CCCN(Cc3ccccc3F)C2)cn1. The Labute approximate surface area is 143 Å². The third-order valence-corrected chi connectivity index (χ3v) is 4.64. The van der Waals surface area contributed by atoms with Gasteiger partial charge < -0.3 is 5.32 Å². The number of benzene rings is 1. The van der Waals surface area contributed by atoms with Crippen molar-refractivity contribution < 1.29 is 4.39 Å². The molecule has 1 aliphatic heterocycles. The van der Waals surface area contributed by atoms with Gasteiger partial charge in [-0.15, -0.1) is 0 Å². The molecule has 1 atom stereocenters. The molecule has 1 aliphatic rings. The molecule has 1 aromatic heterocycles. The molecule has 1 aromatic carbocycles. The molecular formula is C19H27FN4. The fourth-order valence-electron chi connectivity index (χ4n) is 3.25. The molecule has 5 heteroatoms. The maximum atomic E-state index is 13.8. The van der Waals surface area contributed by atoms with Crippen LogP contribution in [0.1, 0.15) is 43.9 Å². The molecule has 0 saturated carbocycles. The van der Waals surface area contributed by atoms with Crippen LogP contribution in [0.3, 0.4) is 0 Å². The molecule has 0 bridgehead atoms. The van der Waals surface area contributed by atoms with E-state index in [1.165, 1.54) is 12.0 Å². The second-order valence-electron chi connectivity index (χ2n) is 6.97. The lowest BCUT2D eigenvalue weighted by Gasteiger charge is -2.33. The highest BCUT2D eigenvalue weighted by Crippen LogP contribution is 2.16. The molecule has 0 amide bonds. The van der Waals surface area contributed by atoms with E-state index in [-0.39, 0.29) is 5.82 Å². The summed E-state index contributed by atoms with van der Waals surface area (Å²) in [7, 11) is 0. The Hall–Kier alpha value is -1.72. The topological polar surface area (TPSA) is 33.1 Å². The Morgan fingerprint density at radius 2 is 2.17 bits per heavy atom. The first-order valence-corrected chi connectivity index (χ1v) is 8.84. The molecule has 1 N–H and O–H groups in total. The van der Waals surface area contributed by atoms with Gasteiger partial charge in [0.05, 0.1) is 6.20 Å². The largest absolute Gasteiger partial charge is 0.309 e. The summed E-state index contributed by atoms with van der Waals surface area (Å²) in [6, 6.07) is 7.92. The fourth-order valence-corrected chi connectivity index (χ4v) is 3.25. The van der Waals surface area contributed by atoms with Gasteiger partial charge in [0.2, 0.25) is 0 Å². The minimum absolute atomic E-state index is 0.103. The predicted octanol–water partition coefficient (Wildman–Crippen LogP) is 3.36. The Bertz CT molecular complexity index is 652. The summed E-state index contributed by atoms with van der Waals surface area (Å²) >= 11 is 0. The van der Waals surface area contributed by atoms with Gasteiger partial charge in [-0.3, -0.25) is 9.58 Å². The van der Waals surface area contributed by atoms with Crippen LogP contribution < -0.4 is 5.32 Å². The van der Waals surface area contributed by atoms with E-state index in [0.29, 0.717) is 18.6 Å². The van der Waals surface area contributed by atoms with Crippen LogP contribution in [0.15, 0.2) is 36.7 Å². The van der Waals surface area contributed by atoms with Crippen LogP contribution in [0.5, 0.6) is 0 Å². The smallest absolute Gasteiger partial charge is 0.127 e. The van der Waals surface area contributed by atoms with Crippen LogP contribution in [-0.4, -0.2) is 33.8 Å². The van der Waals surface area contributed by atoms with Crippen LogP contribution in [0.2, 0.25) is 0 Å². The van der Waals surface area contributed by atoms with Crippen molar-refractivity contribution in [1.29, 1.82) is 0 Å². The van der Waals surface area contributed by atoms with Crippen molar-refractivity contribution in [3.05, 3.63) is 53.6 Å². The van der Waals surface area contributed by atoms with E-state index in [1.54, 1.807) is 12.1 Å². The van der Waals surface area contributed by atoms with Gasteiger partial charge in [0.25, 0.3) is 0 Å². The summed E-state index contributed by atoms with van der Waals surface area (Å²) in [5.74, 6) is -0.103. The molecule has 24 heavy (non-hydrogen) atoms. The number of hydrogen-bond acceptors (Lipinski definition) is 3. The van der Waals surface area contributed by atoms with Gasteiger partial charge in [-0.1, -0.05) is 18.2 Å². The van der Waals surface area contributed by atoms with Crippen molar-refractivity contribution >= 4 is 0 Å². The molecule has 2 heterocycles. The molecule has 2 aromatic rings. The number of aromatic nitrogens is 2. The van der Waals surface area contributed by atoms with E-state index in [1.807, 2.05) is 23.0 Å². The summed E-state index contributed by atoms with van der Waals surface area (Å²) < 4.78 is 15.8. The zero-order valence-corrected chi connectivity index (χ0v) is 14.6. The average molecular weight is 330 g/mol. The Kier molecular flexibility index (Phi) is 5.63. The summed E-state index contributed by atoms with van der Waals surface area (Å²) in [5.41, 5.74) is 2.01. The molecule has 130 valence electrons. The maximum absolute atomic E-state index is 13.8. The standard InChI is InChI=1S/C19H27FN4/c1-15(2)24-12-16(11-22-24)10-21-18-7-5-9-23(14-18)13-17-6-3-4-8-19(17)20/h3-4,6,8,11-12,15,18,21H,5,7,9-10,13-14H2,1-2H3/t18-/m0/s1. The predicted molar refractivity (Wildman–Crippen MR) is 94.2 cm³/mol. The molecule has 0 aliphatic carbocycles. The first-order valence-electron chi connectivity index (χ1n) is 8.84. The number of likely N-dealkylation sites (tertiary alicyclic amines) is 1. The van der Waals surface area contributed by atoms with Crippen LogP contribution >= 0.6 is 0 Å². The molecule has 3 rings (SSSR count). The van der Waals surface area contributed by atoms with Crippen molar-refractivity contribution in [2.45, 2.75) is 51.9 Å². The number of rotatable bonds is 6. The minimum Gasteiger partial charge on any atom is -0.309 e. The van der Waals surface area contributed by atoms with E-state index in [9.17, 15) is 4.39 Å². The van der Waals surface area contributed by atoms with Crippen LogP contribution in [0, 0.1) is 5.82 Å². The molecule has 0 unspecified atom stereocenters. The average Bonchev–Trinajstić information content (AvgIpc) is 3.05. The van der Waals surface area contributed by atoms with Crippen molar-refractivity contribution in [2.75, 3.05) is 13.1 Å². The van der Waals surface area contributed by atoms with Crippen molar-refractivity contribution in [3.8, 4) is 0 Å². The van der Waals surface area contributed by atoms with Gasteiger partial charge in [-0.05, 0) is 39.3 Å². The van der Waals surface area contributed by atoms with Crippen LogP contribution in [0.4, 0.5) is 4.39 Å². The zero-order chi connectivity index (χ0) is 16.9. The van der Waals surface area contributed by atoms with Gasteiger partial charge in [0.15, 0.2) is 0 Å². The van der Waals surface area contributed by atoms with Crippen molar-refractivity contribution in [3.63, 3.8) is 0 Å². The number of halogens is 1. The first kappa shape index (κ1) is 17.1. The fraction of sp³-hybridized carbons (Fsp3) is 0.526. The molecular weight excluding hydrogens is 303 g/mol. The molecule has 4 nitrogen and oxygen atoms in total. The van der Waals surface area contributed by atoms with E-state index in [2.05, 4.69) is 35.4 Å². The van der Waals surface area contributed by atoms with E-state index in [4.69, 9.17) is 0 Å². The minimum atomic E-state index is -0.103. The highest BCUT2D eigenvalue weighted by molar-refractivity contribution is 5.17. The van der Waals surface area contributed by atoms with Gasteiger partial charge in [0.1, 0.15) is 5.82 Å². The number of nitrogens with one attached hydrogen (secondary N) is 1. The first-order chi connectivity index (χ1) is 11.6. The number of nitrogens with zero attached hydrogens (tertiary/aromatic N) is 3. The Morgan fingerprint density at radius 3 is 2.92 bits per heavy atom. The quantitative estimate of drug-likeness (QED) is 0.882. The van der Waals surface area contributed by atoms with E-state index in [0.717, 1.165) is 31.6 Å². The van der Waals surface area contributed by atoms with Crippen molar-refractivity contribution in [2.24, 2.45) is 0 Å². The highest BCUT2D eigenvalue weighted by atomic mass is 19.1. The monoisotopic (exact) mass is 330 g/mol. The zero-order valence-electron chi connectivity index (χ0n) is 14.6. The molecule has 1 fully saturated rings. The number of hydrogen-bond donors (Lipinski definition) is 1. The van der Waals surface area contributed by atoms with Gasteiger partial charge in [-0.25, -0.2) is 4.39 Å². The van der Waals surface area contributed by atoms with Gasteiger partial charge in [0, 0.05) is 49.0 Å². The van der Waals surface area contributed by atoms with Gasteiger partial charge >= 0.3 is 0 Å². The lowest BCUT2D eigenvalue weighted by Crippen LogP contribution is -2.45. The lowest BCUT2D eigenvalue weighted by atomic mass is 10.0. The second kappa shape index (κ2) is 7.90. The summed E-state index contributed by atoms with van der Waals surface area (Å²) in [4.78, 5) is 2.34. The Balaban J connectivity index is 1.51. The van der Waals surface area contributed by atoms with E-state index < -0.39 is 0 Å². The summed E-state index contributed by atoms with van der Waals surface area (Å²) in [5, 5.41) is 8.02. The summed E-state index contributed by atoms with van der Waals surface area (Å²) in [6.45, 7) is 7.80. The molecule has 0 radical (unpaired) electrons. The molecule has 1 saturated heterocycles. The second-order valence-corrected chi connectivity index (χ2v) is 6.97. The lowest BCUT2D eigenvalue weighted by molar-refractivity contribution is 0.181. The number of piperidine rings is 1. The van der Waals surface area contributed by atoms with E-state index >= 15 is 0 Å². The highest BCUT2D eigenvalue weighted by Gasteiger charge is 2.20. The third-order valence-electron chi connectivity index (χ3n) is 4.64. The Morgan fingerprint density at radius 1 is 1.33 bits per heavy atom. The molecule has 0 spiro atoms.